The van der Waals surface area contributed by atoms with Crippen molar-refractivity contribution in [1.29, 1.82) is 0 Å². The lowest BCUT2D eigenvalue weighted by Gasteiger charge is -2.03. The highest BCUT2D eigenvalue weighted by atomic mass is 16.7. The number of carbonyl (C=O) groups is 8. The van der Waals surface area contributed by atoms with Crippen LogP contribution in [0.1, 0.15) is 161 Å². The summed E-state index contributed by atoms with van der Waals surface area (Å²) in [6.07, 6.45) is 34.4. The summed E-state index contributed by atoms with van der Waals surface area (Å²) in [6.45, 7) is 21.9. The number of para-hydroxylation sites is 2. The molecule has 0 aliphatic rings. The van der Waals surface area contributed by atoms with E-state index in [9.17, 15) is 38.4 Å². The van der Waals surface area contributed by atoms with E-state index in [1.165, 1.54) is 25.2 Å². The Balaban J connectivity index is 0.000000310. The molecular formula is C77H105N11O16. The molecule has 10 aromatic rings. The molecule has 27 heteroatoms. The first-order chi connectivity index (χ1) is 50.7. The smallest absolute Gasteiger partial charge is 0.360 e. The Hall–Kier alpha value is -10.3. The van der Waals surface area contributed by atoms with E-state index in [0.29, 0.717) is 71.6 Å². The fraction of sp³-hybridized carbons (Fsp3) is 0.416. The van der Waals surface area contributed by atoms with Gasteiger partial charge in [-0.3, -0.25) is 56.2 Å². The lowest BCUT2D eigenvalue weighted by Crippen LogP contribution is -2.24. The van der Waals surface area contributed by atoms with Crippen LogP contribution in [0.15, 0.2) is 202 Å². The maximum Gasteiger partial charge on any atom is 0.360 e. The molecule has 0 N–H and O–H groups in total. The van der Waals surface area contributed by atoms with Gasteiger partial charge in [-0.2, -0.15) is 0 Å². The van der Waals surface area contributed by atoms with Crippen molar-refractivity contribution in [2.75, 3.05) is 79.3 Å². The average Bonchev–Trinajstić information content (AvgIpc) is 1.69. The number of unbranched alkanes of at least 4 members (excludes halogenated alkanes) is 3. The van der Waals surface area contributed by atoms with Crippen LogP contribution in [0, 0.1) is 0 Å². The highest BCUT2D eigenvalue weighted by Crippen LogP contribution is 2.13. The van der Waals surface area contributed by atoms with Crippen LogP contribution in [0.3, 0.4) is 0 Å². The molecular weight excluding hydrogens is 1330 g/mol. The van der Waals surface area contributed by atoms with Crippen molar-refractivity contribution in [3.63, 3.8) is 0 Å². The normalized spacial score (nSPS) is 10.2. The van der Waals surface area contributed by atoms with E-state index in [0.717, 1.165) is 93.4 Å². The Kier molecular flexibility index (Phi) is 47.6. The number of imidazole rings is 1. The predicted octanol–water partition coefficient (Wildman–Crippen LogP) is 13.1. The number of nitrogens with zero attached hydrogens (tertiary/aromatic N) is 11. The number of hydrogen-bond donors (Lipinski definition) is 0. The van der Waals surface area contributed by atoms with Gasteiger partial charge in [0.25, 0.3) is 5.91 Å². The number of fused-ring (bicyclic) bond motifs is 2. The highest BCUT2D eigenvalue weighted by molar-refractivity contribution is 5.82. The number of aromatic nitrogens is 11. The monoisotopic (exact) mass is 1440 g/mol. The van der Waals surface area contributed by atoms with Crippen LogP contribution < -0.4 is 9.68 Å². The summed E-state index contributed by atoms with van der Waals surface area (Å²) in [5, 5.41) is 9.80. The molecule has 0 atom stereocenters. The van der Waals surface area contributed by atoms with Crippen molar-refractivity contribution in [2.45, 2.75) is 132 Å². The summed E-state index contributed by atoms with van der Waals surface area (Å²) < 4.78 is 39.9. The minimum atomic E-state index is -0.462. The van der Waals surface area contributed by atoms with E-state index >= 15 is 0 Å². The van der Waals surface area contributed by atoms with Gasteiger partial charge in [-0.1, -0.05) is 66.4 Å². The molecule has 0 amide bonds. The van der Waals surface area contributed by atoms with Crippen LogP contribution in [0.4, 0.5) is 0 Å². The van der Waals surface area contributed by atoms with Crippen molar-refractivity contribution >= 4 is 69.2 Å². The van der Waals surface area contributed by atoms with Gasteiger partial charge in [0, 0.05) is 177 Å². The quantitative estimate of drug-likeness (QED) is 0.0354. The summed E-state index contributed by atoms with van der Waals surface area (Å²) in [4.78, 5) is 106. The Morgan fingerprint density at radius 3 is 1.08 bits per heavy atom. The van der Waals surface area contributed by atoms with Crippen LogP contribution in [0.25, 0.3) is 21.8 Å². The molecule has 2 aromatic carbocycles. The first-order valence-corrected chi connectivity index (χ1v) is 35.2. The van der Waals surface area contributed by atoms with Gasteiger partial charge in [0.05, 0.1) is 25.4 Å². The molecule has 104 heavy (non-hydrogen) atoms. The summed E-state index contributed by atoms with van der Waals surface area (Å²) in [6, 6.07) is 33.5. The number of hydrogen-bond acceptors (Lipinski definition) is 19. The molecule has 0 radical (unpaired) electrons. The van der Waals surface area contributed by atoms with Gasteiger partial charge in [-0.15, -0.1) is 10.2 Å². The second kappa shape index (κ2) is 56.3. The minimum absolute atomic E-state index is 0.0307. The summed E-state index contributed by atoms with van der Waals surface area (Å²) in [7, 11) is 0. The summed E-state index contributed by atoms with van der Waals surface area (Å²) >= 11 is 0. The van der Waals surface area contributed by atoms with E-state index < -0.39 is 5.97 Å². The van der Waals surface area contributed by atoms with Crippen LogP contribution in [0.2, 0.25) is 0 Å². The van der Waals surface area contributed by atoms with Gasteiger partial charge in [-0.05, 0) is 146 Å². The van der Waals surface area contributed by atoms with E-state index in [4.69, 9.17) is 38.1 Å². The van der Waals surface area contributed by atoms with Crippen molar-refractivity contribution in [2.24, 2.45) is 0 Å². The first kappa shape index (κ1) is 87.9. The Bertz CT molecular complexity index is 3820. The second-order valence-corrected chi connectivity index (χ2v) is 21.8. The predicted molar refractivity (Wildman–Crippen MR) is 396 cm³/mol. The van der Waals surface area contributed by atoms with Gasteiger partial charge >= 0.3 is 11.9 Å². The van der Waals surface area contributed by atoms with Gasteiger partial charge in [0.2, 0.25) is 29.5 Å². The summed E-state index contributed by atoms with van der Waals surface area (Å²) in [5.41, 5.74) is 1.56. The Morgan fingerprint density at radius 1 is 0.317 bits per heavy atom. The molecule has 8 heterocycles. The zero-order chi connectivity index (χ0) is 75.6. The number of benzene rings is 2. The standard InChI is InChI=1S/C12H19NO2.C11H12N2O3.C11H17NO2.C10H10N2O2.C10H15NO2.C9H13NO2.C8H11NO2.C6H8N2O/c1-2-15-11-7-3-4-8-12(14)13-9-5-6-10-13;1-2-15-8-11(14)16-13-10-6-4-3-5-9(10)7-12-13;1-2-14-10-6-3-7-11(13)12-8-4-5-9-12;1-2-10(13)14-12-9-6-4-3-5-8(9)7-11-12;1-2-13-9-5-6-10(12)11-7-3-4-8-11;1-2-12-8-5-9(11)10-6-3-4-7-10;1-2-11-7-8(10)9-5-3-4-6-9;1-2-6(9)8-4-3-7-5-8/h5-6,9-10H,2-4,7-8,11H2,1H3;3-7H,2,8H2,1H3;4-5,8-9H,2-3,6-7,10H2,1H3;3-7H,2H2,1H3;3-4,7-8H,2,5-6,9H2,1H3;3-4,6-7H,2,5,8H2,1H3;3-6H,2,7H2,1H3;3-5H,2H2,1H3. The topological polar surface area (TPSA) is 289 Å². The first-order valence-electron chi connectivity index (χ1n) is 35.2. The minimum Gasteiger partial charge on any atom is -0.382 e. The molecule has 0 bridgehead atoms. The Labute approximate surface area is 609 Å². The maximum atomic E-state index is 11.5. The van der Waals surface area contributed by atoms with Crippen LogP contribution in [0.5, 0.6) is 0 Å². The van der Waals surface area contributed by atoms with Crippen molar-refractivity contribution in [3.05, 3.63) is 202 Å². The number of carbonyl (C=O) groups excluding carboxylic acids is 8. The number of rotatable bonds is 32. The molecule has 0 saturated heterocycles. The molecule has 0 aliphatic heterocycles. The lowest BCUT2D eigenvalue weighted by molar-refractivity contribution is -0.150. The molecule has 0 aliphatic carbocycles. The van der Waals surface area contributed by atoms with Crippen molar-refractivity contribution < 1.29 is 76.5 Å². The second-order valence-electron chi connectivity index (χ2n) is 21.8. The SMILES string of the molecule is CCC(=O)On1ncc2ccccc21.CCC(=O)n1ccnc1.CCOCC(=O)On1ncc2ccccc21.CCOCC(=O)n1cccc1.CCOCCC(=O)n1cccc1.CCOCCCC(=O)n1cccc1.CCOCCCCC(=O)n1cccc1.CCOCCCCCC(=O)n1cccc1. The van der Waals surface area contributed by atoms with Gasteiger partial charge in [0.15, 0.2) is 0 Å². The zero-order valence-corrected chi connectivity index (χ0v) is 61.5. The molecule has 0 unspecified atom stereocenters. The third kappa shape index (κ3) is 37.6. The van der Waals surface area contributed by atoms with Gasteiger partial charge < -0.3 is 38.1 Å². The molecule has 0 spiro atoms. The molecule has 10 rings (SSSR count). The zero-order valence-electron chi connectivity index (χ0n) is 61.5. The van der Waals surface area contributed by atoms with E-state index in [-0.39, 0.29) is 54.6 Å². The highest BCUT2D eigenvalue weighted by Gasteiger charge is 2.11. The third-order valence-electron chi connectivity index (χ3n) is 14.0. The van der Waals surface area contributed by atoms with Gasteiger partial charge in [0.1, 0.15) is 30.6 Å². The fourth-order valence-electron chi connectivity index (χ4n) is 8.58. The van der Waals surface area contributed by atoms with E-state index in [2.05, 4.69) is 15.2 Å². The third-order valence-corrected chi connectivity index (χ3v) is 14.0. The van der Waals surface area contributed by atoms with Crippen LogP contribution in [-0.2, 0) is 38.0 Å². The Morgan fingerprint density at radius 2 is 0.673 bits per heavy atom. The van der Waals surface area contributed by atoms with E-state index in [1.54, 1.807) is 112 Å². The molecule has 27 nitrogen and oxygen atoms in total. The lowest BCUT2D eigenvalue weighted by atomic mass is 10.2. The maximum absolute atomic E-state index is 11.5. The van der Waals surface area contributed by atoms with E-state index in [1.807, 2.05) is 158 Å². The average molecular weight is 1440 g/mol. The molecule has 0 fully saturated rings. The van der Waals surface area contributed by atoms with Crippen molar-refractivity contribution in [3.8, 4) is 0 Å². The van der Waals surface area contributed by atoms with Gasteiger partial charge in [-0.25, -0.2) is 14.6 Å². The largest absolute Gasteiger partial charge is 0.382 e. The van der Waals surface area contributed by atoms with Crippen molar-refractivity contribution in [1.82, 2.24) is 52.3 Å². The van der Waals surface area contributed by atoms with Crippen LogP contribution >= 0.6 is 0 Å². The number of ether oxygens (including phenoxy) is 6. The fourth-order valence-corrected chi connectivity index (χ4v) is 8.58. The van der Waals surface area contributed by atoms with Crippen LogP contribution in [-0.4, -0.2) is 179 Å². The molecule has 8 aromatic heterocycles. The summed E-state index contributed by atoms with van der Waals surface area (Å²) in [5.74, 6) is -0.167. The molecule has 564 valence electrons. The molecule has 0 saturated carbocycles.